The Balaban J connectivity index is 2.03. The average molecular weight is 174 g/mol. The summed E-state index contributed by atoms with van der Waals surface area (Å²) in [4.78, 5) is 0. The molecule has 0 aromatic rings. The predicted molar refractivity (Wildman–Crippen MR) is 55.3 cm³/mol. The Labute approximate surface area is 80.7 Å². The first kappa shape index (κ1) is 7.84. The Morgan fingerprint density at radius 3 is 1.85 bits per heavy atom. The number of allylic oxidation sites excluding steroid dienone is 4. The molecule has 4 unspecified atom stereocenters. The van der Waals surface area contributed by atoms with Crippen LogP contribution in [0.4, 0.5) is 0 Å². The van der Waals surface area contributed by atoms with Crippen LogP contribution in [0.5, 0.6) is 0 Å². The van der Waals surface area contributed by atoms with Crippen molar-refractivity contribution in [2.45, 2.75) is 33.1 Å². The van der Waals surface area contributed by atoms with Gasteiger partial charge in [0.15, 0.2) is 0 Å². The maximum Gasteiger partial charge on any atom is -0.0106 e. The van der Waals surface area contributed by atoms with Gasteiger partial charge in [-0.2, -0.15) is 0 Å². The van der Waals surface area contributed by atoms with Gasteiger partial charge in [0.1, 0.15) is 0 Å². The highest BCUT2D eigenvalue weighted by Crippen LogP contribution is 2.58. The molecular formula is C13H18. The summed E-state index contributed by atoms with van der Waals surface area (Å²) < 4.78 is 0. The fraction of sp³-hybridized carbons (Fsp3) is 0.692. The minimum atomic E-state index is 0.934. The van der Waals surface area contributed by atoms with Crippen molar-refractivity contribution < 1.29 is 0 Å². The van der Waals surface area contributed by atoms with Crippen molar-refractivity contribution in [3.05, 3.63) is 23.3 Å². The highest BCUT2D eigenvalue weighted by atomic mass is 14.5. The third-order valence-electron chi connectivity index (χ3n) is 4.58. The van der Waals surface area contributed by atoms with Crippen molar-refractivity contribution in [1.82, 2.24) is 0 Å². The fourth-order valence-electron chi connectivity index (χ4n) is 4.09. The van der Waals surface area contributed by atoms with Gasteiger partial charge in [0.2, 0.25) is 0 Å². The highest BCUT2D eigenvalue weighted by Gasteiger charge is 2.48. The van der Waals surface area contributed by atoms with Gasteiger partial charge in [-0.05, 0) is 56.8 Å². The fourth-order valence-corrected chi connectivity index (χ4v) is 4.09. The highest BCUT2D eigenvalue weighted by molar-refractivity contribution is 5.31. The summed E-state index contributed by atoms with van der Waals surface area (Å²) in [5.74, 6) is 3.94. The van der Waals surface area contributed by atoms with Crippen LogP contribution >= 0.6 is 0 Å². The number of rotatable bonds is 0. The molecule has 0 heteroatoms. The molecule has 0 heterocycles. The van der Waals surface area contributed by atoms with Crippen LogP contribution < -0.4 is 0 Å². The van der Waals surface area contributed by atoms with Crippen LogP contribution in [0, 0.1) is 23.7 Å². The van der Waals surface area contributed by atoms with E-state index in [9.17, 15) is 0 Å². The largest absolute Gasteiger partial charge is 0.0693 e. The summed E-state index contributed by atoms with van der Waals surface area (Å²) in [6.07, 6.45) is 9.24. The minimum Gasteiger partial charge on any atom is -0.0693 e. The topological polar surface area (TPSA) is 0 Å². The van der Waals surface area contributed by atoms with Gasteiger partial charge in [-0.15, -0.1) is 0 Å². The van der Waals surface area contributed by atoms with Gasteiger partial charge >= 0.3 is 0 Å². The van der Waals surface area contributed by atoms with Crippen LogP contribution in [0.3, 0.4) is 0 Å². The zero-order chi connectivity index (χ0) is 9.00. The lowest BCUT2D eigenvalue weighted by molar-refractivity contribution is 0.287. The van der Waals surface area contributed by atoms with Gasteiger partial charge in [0.25, 0.3) is 0 Å². The lowest BCUT2D eigenvalue weighted by Gasteiger charge is -2.35. The van der Waals surface area contributed by atoms with E-state index in [4.69, 9.17) is 0 Å². The molecule has 70 valence electrons. The van der Waals surface area contributed by atoms with Crippen LogP contribution in [-0.2, 0) is 0 Å². The maximum absolute atomic E-state index is 2.36. The summed E-state index contributed by atoms with van der Waals surface area (Å²) in [5, 5.41) is 0. The summed E-state index contributed by atoms with van der Waals surface area (Å²) >= 11 is 0. The van der Waals surface area contributed by atoms with Crippen molar-refractivity contribution in [2.75, 3.05) is 0 Å². The molecule has 0 saturated heterocycles. The number of fused-ring (bicyclic) bond motifs is 5. The van der Waals surface area contributed by atoms with E-state index in [1.807, 2.05) is 0 Å². The molecule has 3 aliphatic rings. The molecule has 2 saturated carbocycles. The van der Waals surface area contributed by atoms with E-state index < -0.39 is 0 Å². The van der Waals surface area contributed by atoms with Crippen molar-refractivity contribution >= 4 is 0 Å². The summed E-state index contributed by atoms with van der Waals surface area (Å²) in [7, 11) is 0. The summed E-state index contributed by atoms with van der Waals surface area (Å²) in [5.41, 5.74) is 3.31. The summed E-state index contributed by atoms with van der Waals surface area (Å²) in [6, 6.07) is 0. The molecule has 2 fully saturated rings. The zero-order valence-electron chi connectivity index (χ0n) is 8.59. The normalized spacial score (nSPS) is 47.2. The summed E-state index contributed by atoms with van der Waals surface area (Å²) in [6.45, 7) is 4.67. The van der Waals surface area contributed by atoms with Crippen molar-refractivity contribution in [3.63, 3.8) is 0 Å². The third-order valence-corrected chi connectivity index (χ3v) is 4.58. The van der Waals surface area contributed by atoms with Crippen molar-refractivity contribution in [1.29, 1.82) is 0 Å². The average Bonchev–Trinajstić information content (AvgIpc) is 2.70. The standard InChI is InChI=1S/C13H18/c1-8-3-4-9(2)13-11-6-5-10(7-11)12(8)13/h3-4,10-13H,5-7H2,1-2H3. The van der Waals surface area contributed by atoms with Gasteiger partial charge in [0, 0.05) is 0 Å². The Hall–Kier alpha value is -0.520. The van der Waals surface area contributed by atoms with Crippen LogP contribution in [0.2, 0.25) is 0 Å². The van der Waals surface area contributed by atoms with Gasteiger partial charge in [-0.25, -0.2) is 0 Å². The van der Waals surface area contributed by atoms with E-state index >= 15 is 0 Å². The van der Waals surface area contributed by atoms with Crippen molar-refractivity contribution in [3.8, 4) is 0 Å². The second-order valence-corrected chi connectivity index (χ2v) is 5.21. The number of hydrogen-bond acceptors (Lipinski definition) is 0. The maximum atomic E-state index is 2.36. The smallest absolute Gasteiger partial charge is 0.0106 e. The monoisotopic (exact) mass is 174 g/mol. The lowest BCUT2D eigenvalue weighted by atomic mass is 9.70. The molecule has 3 aliphatic carbocycles. The van der Waals surface area contributed by atoms with Gasteiger partial charge in [-0.1, -0.05) is 23.3 Å². The molecule has 0 radical (unpaired) electrons. The first-order valence-corrected chi connectivity index (χ1v) is 5.62. The van der Waals surface area contributed by atoms with Crippen LogP contribution in [0.25, 0.3) is 0 Å². The Kier molecular flexibility index (Phi) is 1.51. The van der Waals surface area contributed by atoms with Crippen LogP contribution in [0.1, 0.15) is 33.1 Å². The molecule has 0 spiro atoms. The Bertz CT molecular complexity index is 265. The zero-order valence-corrected chi connectivity index (χ0v) is 8.59. The van der Waals surface area contributed by atoms with E-state index in [-0.39, 0.29) is 0 Å². The SMILES string of the molecule is CC1=CC=C(C)C2C3CCC(C3)C12. The second-order valence-electron chi connectivity index (χ2n) is 5.21. The second kappa shape index (κ2) is 2.50. The molecule has 13 heavy (non-hydrogen) atoms. The molecule has 0 aromatic heterocycles. The van der Waals surface area contributed by atoms with Gasteiger partial charge in [0.05, 0.1) is 0 Å². The molecule has 0 amide bonds. The minimum absolute atomic E-state index is 0.934. The molecule has 0 N–H and O–H groups in total. The third kappa shape index (κ3) is 0.920. The lowest BCUT2D eigenvalue weighted by Crippen LogP contribution is -2.26. The predicted octanol–water partition coefficient (Wildman–Crippen LogP) is 3.55. The Morgan fingerprint density at radius 2 is 1.38 bits per heavy atom. The van der Waals surface area contributed by atoms with Crippen molar-refractivity contribution in [2.24, 2.45) is 23.7 Å². The van der Waals surface area contributed by atoms with Crippen LogP contribution in [0.15, 0.2) is 23.3 Å². The molecule has 0 aliphatic heterocycles. The Morgan fingerprint density at radius 1 is 0.923 bits per heavy atom. The molecule has 2 bridgehead atoms. The van der Waals surface area contributed by atoms with E-state index in [1.54, 1.807) is 11.1 Å². The first-order chi connectivity index (χ1) is 6.27. The van der Waals surface area contributed by atoms with E-state index in [0.717, 1.165) is 23.7 Å². The quantitative estimate of drug-likeness (QED) is 0.527. The van der Waals surface area contributed by atoms with E-state index in [0.29, 0.717) is 0 Å². The van der Waals surface area contributed by atoms with Gasteiger partial charge < -0.3 is 0 Å². The number of hydrogen-bond donors (Lipinski definition) is 0. The van der Waals surface area contributed by atoms with Gasteiger partial charge in [-0.3, -0.25) is 0 Å². The molecular weight excluding hydrogens is 156 g/mol. The van der Waals surface area contributed by atoms with Crippen LogP contribution in [-0.4, -0.2) is 0 Å². The van der Waals surface area contributed by atoms with E-state index in [2.05, 4.69) is 26.0 Å². The molecule has 4 atom stereocenters. The molecule has 3 rings (SSSR count). The first-order valence-electron chi connectivity index (χ1n) is 5.62. The molecule has 0 nitrogen and oxygen atoms in total. The van der Waals surface area contributed by atoms with E-state index in [1.165, 1.54) is 19.3 Å². The molecule has 0 aromatic carbocycles.